The maximum absolute atomic E-state index is 14.1. The van der Waals surface area contributed by atoms with Crippen LogP contribution in [0.2, 0.25) is 0 Å². The highest BCUT2D eigenvalue weighted by Crippen LogP contribution is 2.37. The van der Waals surface area contributed by atoms with Gasteiger partial charge in [-0.15, -0.1) is 0 Å². The Morgan fingerprint density at radius 2 is 1.87 bits per heavy atom. The van der Waals surface area contributed by atoms with Crippen LogP contribution in [0.1, 0.15) is 18.4 Å². The summed E-state index contributed by atoms with van der Waals surface area (Å²) in [4.78, 5) is 4.07. The van der Waals surface area contributed by atoms with E-state index in [1.54, 1.807) is 48.8 Å². The van der Waals surface area contributed by atoms with E-state index in [2.05, 4.69) is 4.98 Å². The topological polar surface area (TPSA) is 68.7 Å². The zero-order valence-corrected chi connectivity index (χ0v) is 17.2. The molecule has 3 aromatic rings. The zero-order valence-electron chi connectivity index (χ0n) is 16.4. The monoisotopic (exact) mass is 428 g/mol. The summed E-state index contributed by atoms with van der Waals surface area (Å²) in [5.41, 5.74) is 1.30. The number of halogens is 1. The third-order valence-electron chi connectivity index (χ3n) is 4.80. The van der Waals surface area contributed by atoms with E-state index in [9.17, 15) is 12.8 Å². The number of pyridine rings is 1. The average molecular weight is 428 g/mol. The average Bonchev–Trinajstić information content (AvgIpc) is 3.61. The van der Waals surface area contributed by atoms with Gasteiger partial charge in [-0.2, -0.15) is 0 Å². The van der Waals surface area contributed by atoms with Crippen molar-refractivity contribution in [2.24, 2.45) is 0 Å². The molecule has 0 radical (unpaired) electrons. The van der Waals surface area contributed by atoms with Gasteiger partial charge in [0.1, 0.15) is 5.75 Å². The van der Waals surface area contributed by atoms with Crippen molar-refractivity contribution in [3.63, 3.8) is 0 Å². The second-order valence-electron chi connectivity index (χ2n) is 6.98. The van der Waals surface area contributed by atoms with Gasteiger partial charge in [0, 0.05) is 12.4 Å². The minimum atomic E-state index is -3.48. The van der Waals surface area contributed by atoms with Crippen LogP contribution < -0.4 is 13.8 Å². The minimum Gasteiger partial charge on any atom is -0.493 e. The number of benzene rings is 2. The lowest BCUT2D eigenvalue weighted by Gasteiger charge is -2.24. The number of sulfonamides is 1. The fraction of sp³-hybridized carbons (Fsp3) is 0.227. The Hall–Kier alpha value is -3.13. The first kappa shape index (κ1) is 20.2. The van der Waals surface area contributed by atoms with E-state index < -0.39 is 15.8 Å². The van der Waals surface area contributed by atoms with Gasteiger partial charge >= 0.3 is 0 Å². The molecule has 0 atom stereocenters. The van der Waals surface area contributed by atoms with Crippen LogP contribution in [-0.2, 0) is 16.6 Å². The van der Waals surface area contributed by atoms with E-state index in [1.165, 1.54) is 23.5 Å². The summed E-state index contributed by atoms with van der Waals surface area (Å²) in [6.45, 7) is 0.189. The number of ether oxygens (including phenoxy) is 2. The van der Waals surface area contributed by atoms with Crippen molar-refractivity contribution < 1.29 is 22.3 Å². The van der Waals surface area contributed by atoms with Crippen molar-refractivity contribution in [2.75, 3.05) is 11.4 Å². The van der Waals surface area contributed by atoms with Crippen molar-refractivity contribution in [3.05, 3.63) is 78.4 Å². The SMILES string of the molecule is COc1cccc(F)c1Oc1ccc(N(Cc2cccnc2)S(=O)(=O)C2CC2)cc1. The van der Waals surface area contributed by atoms with Crippen LogP contribution in [0.15, 0.2) is 67.0 Å². The Bertz CT molecular complexity index is 1120. The first-order chi connectivity index (χ1) is 14.5. The summed E-state index contributed by atoms with van der Waals surface area (Å²) in [5, 5.41) is -0.354. The second kappa shape index (κ2) is 8.31. The summed E-state index contributed by atoms with van der Waals surface area (Å²) in [6, 6.07) is 14.6. The van der Waals surface area contributed by atoms with Gasteiger partial charge in [-0.05, 0) is 60.9 Å². The molecule has 1 aliphatic carbocycles. The predicted molar refractivity (Wildman–Crippen MR) is 112 cm³/mol. The van der Waals surface area contributed by atoms with Crippen molar-refractivity contribution >= 4 is 15.7 Å². The van der Waals surface area contributed by atoms with Gasteiger partial charge in [0.25, 0.3) is 0 Å². The molecule has 1 aromatic heterocycles. The van der Waals surface area contributed by atoms with Gasteiger partial charge in [-0.3, -0.25) is 9.29 Å². The zero-order chi connectivity index (χ0) is 21.1. The third-order valence-corrected chi connectivity index (χ3v) is 7.07. The maximum Gasteiger partial charge on any atom is 0.238 e. The molecule has 0 unspecified atom stereocenters. The lowest BCUT2D eigenvalue weighted by molar-refractivity contribution is 0.364. The molecule has 0 amide bonds. The van der Waals surface area contributed by atoms with Crippen LogP contribution >= 0.6 is 0 Å². The number of methoxy groups -OCH3 is 1. The van der Waals surface area contributed by atoms with Crippen LogP contribution in [0.4, 0.5) is 10.1 Å². The quantitative estimate of drug-likeness (QED) is 0.528. The smallest absolute Gasteiger partial charge is 0.238 e. The summed E-state index contributed by atoms with van der Waals surface area (Å²) in [6.07, 6.45) is 4.63. The number of aromatic nitrogens is 1. The molecule has 2 aromatic carbocycles. The molecule has 0 bridgehead atoms. The molecular formula is C22H21FN2O4S. The van der Waals surface area contributed by atoms with Crippen molar-refractivity contribution in [1.82, 2.24) is 4.98 Å². The van der Waals surface area contributed by atoms with Crippen LogP contribution in [-0.4, -0.2) is 25.8 Å². The van der Waals surface area contributed by atoms with Gasteiger partial charge in [-0.25, -0.2) is 12.8 Å². The van der Waals surface area contributed by atoms with E-state index in [4.69, 9.17) is 9.47 Å². The van der Waals surface area contributed by atoms with E-state index in [0.29, 0.717) is 24.3 Å². The molecule has 1 fully saturated rings. The predicted octanol–water partition coefficient (Wildman–Crippen LogP) is 4.52. The largest absolute Gasteiger partial charge is 0.493 e. The molecule has 1 saturated carbocycles. The third kappa shape index (κ3) is 4.23. The van der Waals surface area contributed by atoms with E-state index >= 15 is 0 Å². The van der Waals surface area contributed by atoms with E-state index in [1.807, 2.05) is 6.07 Å². The summed E-state index contributed by atoms with van der Waals surface area (Å²) in [5.74, 6) is 0.0689. The maximum atomic E-state index is 14.1. The number of hydrogen-bond donors (Lipinski definition) is 0. The molecule has 0 spiro atoms. The lowest BCUT2D eigenvalue weighted by Crippen LogP contribution is -2.33. The van der Waals surface area contributed by atoms with Crippen molar-refractivity contribution in [2.45, 2.75) is 24.6 Å². The van der Waals surface area contributed by atoms with E-state index in [0.717, 1.165) is 5.56 Å². The standard InChI is InChI=1S/C22H21FN2O4S/c1-28-21-6-2-5-20(23)22(21)29-18-9-7-17(8-10-18)25(30(26,27)19-11-12-19)15-16-4-3-13-24-14-16/h2-10,13-14,19H,11-12,15H2,1H3. The number of rotatable bonds is 8. The van der Waals surface area contributed by atoms with Crippen molar-refractivity contribution in [3.8, 4) is 17.2 Å². The first-order valence-corrected chi connectivity index (χ1v) is 11.0. The second-order valence-corrected chi connectivity index (χ2v) is 9.12. The van der Waals surface area contributed by atoms with Gasteiger partial charge in [-0.1, -0.05) is 12.1 Å². The number of nitrogens with zero attached hydrogens (tertiary/aromatic N) is 2. The molecule has 30 heavy (non-hydrogen) atoms. The fourth-order valence-electron chi connectivity index (χ4n) is 3.08. The molecule has 156 valence electrons. The highest BCUT2D eigenvalue weighted by atomic mass is 32.2. The summed E-state index contributed by atoms with van der Waals surface area (Å²) >= 11 is 0. The summed E-state index contributed by atoms with van der Waals surface area (Å²) in [7, 11) is -2.05. The van der Waals surface area contributed by atoms with Gasteiger partial charge < -0.3 is 9.47 Å². The molecular weight excluding hydrogens is 407 g/mol. The normalized spacial score (nSPS) is 13.7. The Labute approximate surface area is 174 Å². The molecule has 0 N–H and O–H groups in total. The van der Waals surface area contributed by atoms with Crippen LogP contribution in [0.25, 0.3) is 0 Å². The lowest BCUT2D eigenvalue weighted by atomic mass is 10.2. The fourth-order valence-corrected chi connectivity index (χ4v) is 4.91. The Morgan fingerprint density at radius 1 is 1.10 bits per heavy atom. The summed E-state index contributed by atoms with van der Waals surface area (Å²) < 4.78 is 52.3. The first-order valence-electron chi connectivity index (χ1n) is 9.50. The molecule has 1 heterocycles. The van der Waals surface area contributed by atoms with Crippen LogP contribution in [0, 0.1) is 5.82 Å². The van der Waals surface area contributed by atoms with Gasteiger partial charge in [0.15, 0.2) is 11.6 Å². The van der Waals surface area contributed by atoms with E-state index in [-0.39, 0.29) is 23.3 Å². The number of hydrogen-bond acceptors (Lipinski definition) is 5. The molecule has 1 aliphatic rings. The van der Waals surface area contributed by atoms with Crippen LogP contribution in [0.3, 0.4) is 0 Å². The van der Waals surface area contributed by atoms with Gasteiger partial charge in [0.05, 0.1) is 24.6 Å². The molecule has 8 heteroatoms. The minimum absolute atomic E-state index is 0.0226. The van der Waals surface area contributed by atoms with Crippen LogP contribution in [0.5, 0.6) is 17.2 Å². The van der Waals surface area contributed by atoms with Gasteiger partial charge in [0.2, 0.25) is 15.8 Å². The van der Waals surface area contributed by atoms with Crippen molar-refractivity contribution in [1.29, 1.82) is 0 Å². The molecule has 0 saturated heterocycles. The molecule has 0 aliphatic heterocycles. The Morgan fingerprint density at radius 3 is 2.50 bits per heavy atom. The Kier molecular flexibility index (Phi) is 5.59. The molecule has 4 rings (SSSR count). The Balaban J connectivity index is 1.61. The number of para-hydroxylation sites is 1. The highest BCUT2D eigenvalue weighted by Gasteiger charge is 2.40. The molecule has 6 nitrogen and oxygen atoms in total. The number of anilines is 1. The highest BCUT2D eigenvalue weighted by molar-refractivity contribution is 7.93.